The topological polar surface area (TPSA) is 29.1 Å². The first kappa shape index (κ1) is 14.6. The molecule has 0 aliphatic heterocycles. The van der Waals surface area contributed by atoms with Gasteiger partial charge < -0.3 is 5.32 Å². The maximum atomic E-state index is 12.2. The van der Waals surface area contributed by atoms with E-state index in [2.05, 4.69) is 5.32 Å². The number of nitrogens with one attached hydrogen (secondary N) is 1. The zero-order chi connectivity index (χ0) is 13.8. The number of carbonyl (C=O) groups is 1. The van der Waals surface area contributed by atoms with E-state index in [-0.39, 0.29) is 22.6 Å². The molecule has 0 aliphatic rings. The van der Waals surface area contributed by atoms with Crippen molar-refractivity contribution < 1.29 is 18.0 Å². The van der Waals surface area contributed by atoms with Crippen LogP contribution in [0, 0.1) is 0 Å². The number of thioether (sulfide) groups is 1. The van der Waals surface area contributed by atoms with Crippen LogP contribution in [-0.4, -0.2) is 11.4 Å². The normalized spacial score (nSPS) is 12.4. The predicted molar refractivity (Wildman–Crippen MR) is 65.8 cm³/mol. The Morgan fingerprint density at radius 3 is 2.56 bits per heavy atom. The van der Waals surface area contributed by atoms with Crippen molar-refractivity contribution in [1.29, 1.82) is 0 Å². The minimum atomic E-state index is -4.30. The van der Waals surface area contributed by atoms with Gasteiger partial charge in [-0.25, -0.2) is 0 Å². The molecule has 1 aromatic rings. The maximum Gasteiger partial charge on any atom is 0.446 e. The molecule has 2 nitrogen and oxygen atoms in total. The maximum absolute atomic E-state index is 12.2. The van der Waals surface area contributed by atoms with Crippen LogP contribution in [0.25, 0.3) is 6.08 Å². The zero-order valence-corrected chi connectivity index (χ0v) is 10.7. The Morgan fingerprint density at radius 2 is 2.00 bits per heavy atom. The van der Waals surface area contributed by atoms with Gasteiger partial charge in [0.2, 0.25) is 5.91 Å². The van der Waals surface area contributed by atoms with Gasteiger partial charge in [-0.05, 0) is 42.5 Å². The van der Waals surface area contributed by atoms with Gasteiger partial charge in [-0.15, -0.1) is 0 Å². The van der Waals surface area contributed by atoms with Gasteiger partial charge in [0, 0.05) is 17.5 Å². The molecule has 0 bridgehead atoms. The second kappa shape index (κ2) is 5.95. The molecular formula is C12H12F3NOS. The fourth-order valence-corrected chi connectivity index (χ4v) is 1.97. The highest BCUT2D eigenvalue weighted by Gasteiger charge is 2.29. The first-order valence-electron chi connectivity index (χ1n) is 5.08. The van der Waals surface area contributed by atoms with E-state index in [0.29, 0.717) is 11.3 Å². The Bertz CT molecular complexity index is 469. The lowest BCUT2D eigenvalue weighted by molar-refractivity contribution is -0.118. The van der Waals surface area contributed by atoms with Crippen LogP contribution in [0.3, 0.4) is 0 Å². The highest BCUT2D eigenvalue weighted by molar-refractivity contribution is 8.00. The number of amides is 1. The van der Waals surface area contributed by atoms with Crippen molar-refractivity contribution in [2.24, 2.45) is 0 Å². The smallest absolute Gasteiger partial charge is 0.330 e. The minimum Gasteiger partial charge on any atom is -0.330 e. The molecule has 1 amide bonds. The molecule has 0 aliphatic carbocycles. The summed E-state index contributed by atoms with van der Waals surface area (Å²) in [5.41, 5.74) is -3.11. The van der Waals surface area contributed by atoms with Gasteiger partial charge in [0.1, 0.15) is 0 Å². The van der Waals surface area contributed by atoms with Crippen LogP contribution in [0.2, 0.25) is 0 Å². The molecule has 0 heterocycles. The third-order valence-corrected chi connectivity index (χ3v) is 2.57. The summed E-state index contributed by atoms with van der Waals surface area (Å²) >= 11 is -0.161. The molecule has 6 heteroatoms. The molecule has 18 heavy (non-hydrogen) atoms. The molecule has 0 unspecified atom stereocenters. The molecule has 0 aromatic heterocycles. The molecule has 98 valence electrons. The lowest BCUT2D eigenvalue weighted by Gasteiger charge is -2.06. The summed E-state index contributed by atoms with van der Waals surface area (Å²) in [5, 5.41) is 2.55. The Kier molecular flexibility index (Phi) is 4.84. The predicted octanol–water partition coefficient (Wildman–Crippen LogP) is 3.80. The second-order valence-electron chi connectivity index (χ2n) is 3.63. The first-order valence-corrected chi connectivity index (χ1v) is 5.89. The Labute approximate surface area is 107 Å². The molecule has 0 atom stereocenters. The van der Waals surface area contributed by atoms with Crippen molar-refractivity contribution in [2.75, 3.05) is 0 Å². The quantitative estimate of drug-likeness (QED) is 0.850. The van der Waals surface area contributed by atoms with Crippen LogP contribution < -0.4 is 5.32 Å². The van der Waals surface area contributed by atoms with Gasteiger partial charge in [-0.3, -0.25) is 4.79 Å². The van der Waals surface area contributed by atoms with E-state index in [1.54, 1.807) is 25.1 Å². The number of halogens is 3. The molecule has 1 N–H and O–H groups in total. The van der Waals surface area contributed by atoms with Crippen LogP contribution in [0.4, 0.5) is 13.2 Å². The summed E-state index contributed by atoms with van der Waals surface area (Å²) in [5.74, 6) is -0.218. The highest BCUT2D eigenvalue weighted by Crippen LogP contribution is 2.37. The van der Waals surface area contributed by atoms with Crippen LogP contribution in [-0.2, 0) is 4.79 Å². The number of hydrogen-bond acceptors (Lipinski definition) is 2. The second-order valence-corrected chi connectivity index (χ2v) is 4.77. The summed E-state index contributed by atoms with van der Waals surface area (Å²) in [6, 6.07) is 6.03. The van der Waals surface area contributed by atoms with E-state index < -0.39 is 5.51 Å². The standard InChI is InChI=1S/C12H12F3NOS/c1-8(16-9(2)17)6-10-4-3-5-11(7-10)18-12(13,14)15/h3-7H,1-2H3,(H,16,17)/b8-6+. The van der Waals surface area contributed by atoms with Crippen LogP contribution in [0.1, 0.15) is 19.4 Å². The van der Waals surface area contributed by atoms with E-state index in [4.69, 9.17) is 0 Å². The van der Waals surface area contributed by atoms with Gasteiger partial charge in [-0.1, -0.05) is 12.1 Å². The Morgan fingerprint density at radius 1 is 1.33 bits per heavy atom. The van der Waals surface area contributed by atoms with E-state index in [1.165, 1.54) is 19.1 Å². The van der Waals surface area contributed by atoms with Crippen LogP contribution in [0.5, 0.6) is 0 Å². The molecule has 0 saturated carbocycles. The van der Waals surface area contributed by atoms with Crippen LogP contribution >= 0.6 is 11.8 Å². The number of allylic oxidation sites excluding steroid dienone is 1. The molecular weight excluding hydrogens is 263 g/mol. The van der Waals surface area contributed by atoms with E-state index in [1.807, 2.05) is 0 Å². The number of carbonyl (C=O) groups excluding carboxylic acids is 1. The largest absolute Gasteiger partial charge is 0.446 e. The number of benzene rings is 1. The molecule has 0 spiro atoms. The van der Waals surface area contributed by atoms with Crippen molar-refractivity contribution in [3.05, 3.63) is 35.5 Å². The minimum absolute atomic E-state index is 0.117. The molecule has 1 rings (SSSR count). The molecule has 0 saturated heterocycles. The fraction of sp³-hybridized carbons (Fsp3) is 0.250. The Balaban J connectivity index is 2.85. The average molecular weight is 275 g/mol. The monoisotopic (exact) mass is 275 g/mol. The summed E-state index contributed by atoms with van der Waals surface area (Å²) < 4.78 is 36.6. The molecule has 0 fully saturated rings. The van der Waals surface area contributed by atoms with Gasteiger partial charge in [-0.2, -0.15) is 13.2 Å². The number of hydrogen-bond donors (Lipinski definition) is 1. The van der Waals surface area contributed by atoms with Gasteiger partial charge in [0.25, 0.3) is 0 Å². The summed E-state index contributed by atoms with van der Waals surface area (Å²) in [6.45, 7) is 3.04. The van der Waals surface area contributed by atoms with Gasteiger partial charge in [0.15, 0.2) is 0 Å². The van der Waals surface area contributed by atoms with E-state index in [0.717, 1.165) is 0 Å². The highest BCUT2D eigenvalue weighted by atomic mass is 32.2. The molecule has 0 radical (unpaired) electrons. The Hall–Kier alpha value is -1.43. The summed E-state index contributed by atoms with van der Waals surface area (Å²) in [7, 11) is 0. The van der Waals surface area contributed by atoms with Crippen molar-refractivity contribution in [2.45, 2.75) is 24.3 Å². The average Bonchev–Trinajstić information content (AvgIpc) is 2.13. The third-order valence-electron chi connectivity index (χ3n) is 1.85. The summed E-state index contributed by atoms with van der Waals surface area (Å²) in [4.78, 5) is 10.9. The lowest BCUT2D eigenvalue weighted by Crippen LogP contribution is -2.16. The lowest BCUT2D eigenvalue weighted by atomic mass is 10.2. The van der Waals surface area contributed by atoms with Crippen molar-refractivity contribution in [1.82, 2.24) is 5.32 Å². The fourth-order valence-electron chi connectivity index (χ4n) is 1.37. The summed E-state index contributed by atoms with van der Waals surface area (Å²) in [6.07, 6.45) is 1.61. The van der Waals surface area contributed by atoms with Gasteiger partial charge in [0.05, 0.1) is 0 Å². The van der Waals surface area contributed by atoms with E-state index in [9.17, 15) is 18.0 Å². The van der Waals surface area contributed by atoms with Crippen LogP contribution in [0.15, 0.2) is 34.9 Å². The van der Waals surface area contributed by atoms with Crippen molar-refractivity contribution in [3.8, 4) is 0 Å². The third kappa shape index (κ3) is 5.77. The van der Waals surface area contributed by atoms with Crippen molar-refractivity contribution >= 4 is 23.7 Å². The van der Waals surface area contributed by atoms with Crippen molar-refractivity contribution in [3.63, 3.8) is 0 Å². The zero-order valence-electron chi connectivity index (χ0n) is 9.84. The molecule has 1 aromatic carbocycles. The number of alkyl halides is 3. The van der Waals surface area contributed by atoms with Gasteiger partial charge >= 0.3 is 5.51 Å². The number of rotatable bonds is 3. The SMILES string of the molecule is CC(=O)N/C(C)=C/c1cccc(SC(F)(F)F)c1. The van der Waals surface area contributed by atoms with E-state index >= 15 is 0 Å². The first-order chi connectivity index (χ1) is 8.26.